The number of halogens is 1. The molecule has 1 aliphatic carbocycles. The van der Waals surface area contributed by atoms with E-state index in [2.05, 4.69) is 26.7 Å². The standard InChI is InChI=1S/C21H27FN4O3S/c1-12(2)23-21(27)29-15-5-4-13(8-15)17-11-20(26-25-17)24-18-9-14-6-7-30(3,28)19(14)10-16(18)22/h9-13,15H,3-8H2,1-2H3,(H,23,27)(H2,24,25,26). The van der Waals surface area contributed by atoms with Crippen molar-refractivity contribution in [2.24, 2.45) is 0 Å². The lowest BCUT2D eigenvalue weighted by Gasteiger charge is -2.14. The third-order valence-electron chi connectivity index (χ3n) is 5.62. The van der Waals surface area contributed by atoms with Crippen LogP contribution >= 0.6 is 0 Å². The van der Waals surface area contributed by atoms with Gasteiger partial charge in [0.05, 0.1) is 5.69 Å². The number of aryl methyl sites for hydroxylation is 1. The van der Waals surface area contributed by atoms with E-state index < -0.39 is 15.3 Å². The molecule has 2 aromatic rings. The molecule has 0 radical (unpaired) electrons. The minimum Gasteiger partial charge on any atom is -0.446 e. The molecule has 3 N–H and O–H groups in total. The number of nitrogens with zero attached hydrogens (tertiary/aromatic N) is 1. The van der Waals surface area contributed by atoms with Gasteiger partial charge in [-0.25, -0.2) is 9.18 Å². The quantitative estimate of drug-likeness (QED) is 0.624. The van der Waals surface area contributed by atoms with Crippen LogP contribution in [0.3, 0.4) is 0 Å². The summed E-state index contributed by atoms with van der Waals surface area (Å²) in [6.45, 7) is 3.78. The van der Waals surface area contributed by atoms with Gasteiger partial charge < -0.3 is 15.4 Å². The van der Waals surface area contributed by atoms with Crippen molar-refractivity contribution in [1.82, 2.24) is 15.5 Å². The summed E-state index contributed by atoms with van der Waals surface area (Å²) in [5.41, 5.74) is 2.10. The van der Waals surface area contributed by atoms with Gasteiger partial charge >= 0.3 is 6.09 Å². The van der Waals surface area contributed by atoms with E-state index >= 15 is 0 Å². The van der Waals surface area contributed by atoms with Gasteiger partial charge in [-0.1, -0.05) is 0 Å². The van der Waals surface area contributed by atoms with Crippen LogP contribution in [0, 0.1) is 5.82 Å². The normalized spacial score (nSPS) is 25.3. The van der Waals surface area contributed by atoms with Crippen molar-refractivity contribution in [2.75, 3.05) is 11.1 Å². The van der Waals surface area contributed by atoms with Crippen molar-refractivity contribution >= 4 is 33.0 Å². The van der Waals surface area contributed by atoms with Gasteiger partial charge in [-0.2, -0.15) is 5.10 Å². The van der Waals surface area contributed by atoms with Gasteiger partial charge in [0.2, 0.25) is 0 Å². The van der Waals surface area contributed by atoms with Gasteiger partial charge in [0.25, 0.3) is 0 Å². The zero-order valence-corrected chi connectivity index (χ0v) is 18.0. The summed E-state index contributed by atoms with van der Waals surface area (Å²) in [6, 6.07) is 4.92. The highest BCUT2D eigenvalue weighted by Crippen LogP contribution is 2.37. The highest BCUT2D eigenvalue weighted by atomic mass is 32.2. The fraction of sp³-hybridized carbons (Fsp3) is 0.476. The summed E-state index contributed by atoms with van der Waals surface area (Å²) in [5.74, 6) is 4.44. The van der Waals surface area contributed by atoms with Gasteiger partial charge in [0.15, 0.2) is 5.82 Å². The number of carbonyl (C=O) groups excluding carboxylic acids is 1. The predicted octanol–water partition coefficient (Wildman–Crippen LogP) is 3.69. The highest BCUT2D eigenvalue weighted by Gasteiger charge is 2.30. The zero-order chi connectivity index (χ0) is 21.5. The molecular weight excluding hydrogens is 407 g/mol. The minimum atomic E-state index is -2.38. The molecule has 0 spiro atoms. The fourth-order valence-electron chi connectivity index (χ4n) is 4.12. The third kappa shape index (κ3) is 4.30. The molecule has 1 aromatic heterocycles. The van der Waals surface area contributed by atoms with Crippen molar-refractivity contribution in [3.63, 3.8) is 0 Å². The molecule has 2 heterocycles. The smallest absolute Gasteiger partial charge is 0.407 e. The van der Waals surface area contributed by atoms with Gasteiger partial charge in [-0.05, 0) is 72.6 Å². The lowest BCUT2D eigenvalue weighted by atomic mass is 10.0. The number of fused-ring (bicyclic) bond motifs is 1. The van der Waals surface area contributed by atoms with Crippen LogP contribution in [0.15, 0.2) is 23.1 Å². The maximum Gasteiger partial charge on any atom is 0.407 e. The van der Waals surface area contributed by atoms with Crippen LogP contribution in [-0.4, -0.2) is 44.3 Å². The van der Waals surface area contributed by atoms with Crippen LogP contribution in [0.25, 0.3) is 0 Å². The Bertz CT molecular complexity index is 1060. The van der Waals surface area contributed by atoms with E-state index in [0.29, 0.717) is 28.6 Å². The molecule has 3 unspecified atom stereocenters. The molecule has 0 bridgehead atoms. The molecule has 162 valence electrons. The number of aromatic nitrogens is 2. The molecule has 7 nitrogen and oxygen atoms in total. The molecule has 1 aromatic carbocycles. The first kappa shape index (κ1) is 20.7. The zero-order valence-electron chi connectivity index (χ0n) is 17.2. The molecule has 2 aliphatic rings. The largest absolute Gasteiger partial charge is 0.446 e. The minimum absolute atomic E-state index is 0.0376. The summed E-state index contributed by atoms with van der Waals surface area (Å²) in [6.07, 6.45) is 2.51. The molecule has 9 heteroatoms. The van der Waals surface area contributed by atoms with Crippen LogP contribution in [0.2, 0.25) is 0 Å². The summed E-state index contributed by atoms with van der Waals surface area (Å²) in [7, 11) is -2.38. The number of hydrogen-bond donors (Lipinski definition) is 3. The number of nitrogens with one attached hydrogen (secondary N) is 3. The molecule has 1 amide bonds. The number of anilines is 2. The fourth-order valence-corrected chi connectivity index (χ4v) is 5.85. The van der Waals surface area contributed by atoms with E-state index in [-0.39, 0.29) is 24.2 Å². The number of ether oxygens (including phenoxy) is 1. The van der Waals surface area contributed by atoms with E-state index in [9.17, 15) is 13.4 Å². The van der Waals surface area contributed by atoms with E-state index in [1.54, 1.807) is 6.07 Å². The Hall–Kier alpha value is -2.55. The molecule has 30 heavy (non-hydrogen) atoms. The van der Waals surface area contributed by atoms with Crippen LogP contribution in [0.4, 0.5) is 20.7 Å². The SMILES string of the molecule is C=S1(=O)CCc2cc(Nc3cc(C4CCC(OC(=O)NC(C)C)C4)[nH]n3)c(F)cc21. The first-order valence-corrected chi connectivity index (χ1v) is 12.1. The second-order valence-corrected chi connectivity index (χ2v) is 10.8. The summed E-state index contributed by atoms with van der Waals surface area (Å²) < 4.78 is 32.4. The second kappa shape index (κ2) is 7.94. The molecule has 1 fully saturated rings. The Morgan fingerprint density at radius 1 is 1.37 bits per heavy atom. The Kier molecular flexibility index (Phi) is 5.48. The first-order chi connectivity index (χ1) is 14.2. The second-order valence-electron chi connectivity index (χ2n) is 8.38. The summed E-state index contributed by atoms with van der Waals surface area (Å²) in [5, 5.41) is 13.0. The number of carbonyl (C=O) groups is 1. The highest BCUT2D eigenvalue weighted by molar-refractivity contribution is 8.00. The van der Waals surface area contributed by atoms with Crippen LogP contribution in [0.5, 0.6) is 0 Å². The van der Waals surface area contributed by atoms with Gasteiger partial charge in [0, 0.05) is 34.4 Å². The predicted molar refractivity (Wildman–Crippen MR) is 116 cm³/mol. The average molecular weight is 435 g/mol. The number of hydrogen-bond acceptors (Lipinski definition) is 5. The number of aromatic amines is 1. The number of alkyl carbamates (subject to hydrolysis) is 1. The molecule has 0 saturated heterocycles. The number of amides is 1. The first-order valence-electron chi connectivity index (χ1n) is 10.2. The van der Waals surface area contributed by atoms with Crippen molar-refractivity contribution in [2.45, 2.75) is 62.5 Å². The van der Waals surface area contributed by atoms with Crippen LogP contribution < -0.4 is 10.6 Å². The lowest BCUT2D eigenvalue weighted by Crippen LogP contribution is -2.33. The maximum absolute atomic E-state index is 14.5. The van der Waals surface area contributed by atoms with E-state index in [1.165, 1.54) is 6.07 Å². The molecule has 1 aliphatic heterocycles. The number of rotatable bonds is 5. The monoisotopic (exact) mass is 434 g/mol. The maximum atomic E-state index is 14.5. The number of H-pyrrole nitrogens is 1. The van der Waals surface area contributed by atoms with Crippen molar-refractivity contribution in [3.8, 4) is 0 Å². The average Bonchev–Trinajstić information content (AvgIpc) is 3.36. The summed E-state index contributed by atoms with van der Waals surface area (Å²) >= 11 is 0. The Morgan fingerprint density at radius 3 is 2.93 bits per heavy atom. The topological polar surface area (TPSA) is 96.1 Å². The molecule has 3 atom stereocenters. The van der Waals surface area contributed by atoms with Crippen LogP contribution in [0.1, 0.15) is 50.3 Å². The Morgan fingerprint density at radius 2 is 2.17 bits per heavy atom. The van der Waals surface area contributed by atoms with Gasteiger partial charge in [0.1, 0.15) is 11.9 Å². The molecule has 1 saturated carbocycles. The van der Waals surface area contributed by atoms with E-state index in [1.807, 2.05) is 19.9 Å². The van der Waals surface area contributed by atoms with Crippen molar-refractivity contribution in [3.05, 3.63) is 35.3 Å². The third-order valence-corrected chi connectivity index (χ3v) is 7.66. The van der Waals surface area contributed by atoms with Gasteiger partial charge in [-0.15, -0.1) is 0 Å². The number of benzene rings is 1. The van der Waals surface area contributed by atoms with Gasteiger partial charge in [-0.3, -0.25) is 9.31 Å². The molecular formula is C21H27FN4O3S. The summed E-state index contributed by atoms with van der Waals surface area (Å²) in [4.78, 5) is 12.3. The Balaban J connectivity index is 1.40. The van der Waals surface area contributed by atoms with E-state index in [4.69, 9.17) is 4.74 Å². The van der Waals surface area contributed by atoms with E-state index in [0.717, 1.165) is 30.5 Å². The molecule has 4 rings (SSSR count). The Labute approximate surface area is 175 Å². The van der Waals surface area contributed by atoms with Crippen LogP contribution in [-0.2, 0) is 20.7 Å². The van der Waals surface area contributed by atoms with Crippen molar-refractivity contribution in [1.29, 1.82) is 0 Å². The lowest BCUT2D eigenvalue weighted by molar-refractivity contribution is 0.0981. The van der Waals surface area contributed by atoms with Crippen molar-refractivity contribution < 1.29 is 18.1 Å².